The number of nitro groups is 1. The van der Waals surface area contributed by atoms with Crippen LogP contribution in [0.3, 0.4) is 0 Å². The zero-order chi connectivity index (χ0) is 14.6. The molecule has 0 bridgehead atoms. The molecule has 0 aliphatic heterocycles. The Hall–Kier alpha value is -2.71. The van der Waals surface area contributed by atoms with E-state index in [1.54, 1.807) is 6.92 Å². The number of nitrogens with two attached hydrogens (primary N) is 1. The highest BCUT2D eigenvalue weighted by Gasteiger charge is 2.23. The highest BCUT2D eigenvalue weighted by atomic mass is 16.6. The number of carbonyl (C=O) groups is 2. The molecule has 9 heteroatoms. The fraction of sp³-hybridized carbons (Fsp3) is 0.300. The number of aromatic carboxylic acids is 1. The average molecular weight is 268 g/mol. The van der Waals surface area contributed by atoms with Crippen LogP contribution in [0, 0.1) is 10.1 Å². The Labute approximate surface area is 107 Å². The molecule has 3 N–H and O–H groups in total. The average Bonchev–Trinajstić information content (AvgIpc) is 2.34. The quantitative estimate of drug-likeness (QED) is 0.546. The zero-order valence-electron chi connectivity index (χ0n) is 10.1. The first-order valence-corrected chi connectivity index (χ1v) is 5.27. The van der Waals surface area contributed by atoms with Crippen LogP contribution < -0.4 is 10.6 Å². The Balaban J connectivity index is 3.29. The van der Waals surface area contributed by atoms with Crippen molar-refractivity contribution in [2.45, 2.75) is 6.92 Å². The molecule has 1 amide bonds. The SMILES string of the molecule is CCN(CC(N)=O)c1ncc(C(=O)O)cc1[N+](=O)[O-]. The molecule has 0 aliphatic rings. The first-order valence-electron chi connectivity index (χ1n) is 5.27. The molecule has 0 aliphatic carbocycles. The Morgan fingerprint density at radius 3 is 2.63 bits per heavy atom. The molecule has 0 saturated heterocycles. The number of carboxylic acid groups (broad SMARTS) is 1. The lowest BCUT2D eigenvalue weighted by molar-refractivity contribution is -0.384. The zero-order valence-corrected chi connectivity index (χ0v) is 10.1. The van der Waals surface area contributed by atoms with Crippen molar-refractivity contribution in [2.24, 2.45) is 5.73 Å². The van der Waals surface area contributed by atoms with Crippen molar-refractivity contribution in [2.75, 3.05) is 18.0 Å². The Morgan fingerprint density at radius 1 is 1.58 bits per heavy atom. The molecule has 0 aromatic carbocycles. The second-order valence-corrected chi connectivity index (χ2v) is 3.61. The fourth-order valence-electron chi connectivity index (χ4n) is 1.47. The molecule has 1 rings (SSSR count). The van der Waals surface area contributed by atoms with Crippen LogP contribution in [0.15, 0.2) is 12.3 Å². The number of nitrogens with zero attached hydrogens (tertiary/aromatic N) is 3. The van der Waals surface area contributed by atoms with Crippen molar-refractivity contribution in [1.29, 1.82) is 0 Å². The lowest BCUT2D eigenvalue weighted by atomic mass is 10.2. The van der Waals surface area contributed by atoms with Gasteiger partial charge in [-0.1, -0.05) is 0 Å². The summed E-state index contributed by atoms with van der Waals surface area (Å²) in [6.45, 7) is 1.69. The van der Waals surface area contributed by atoms with Gasteiger partial charge in [0.2, 0.25) is 11.7 Å². The molecule has 19 heavy (non-hydrogen) atoms. The van der Waals surface area contributed by atoms with Crippen molar-refractivity contribution in [3.63, 3.8) is 0 Å². The Morgan fingerprint density at radius 2 is 2.21 bits per heavy atom. The first-order chi connectivity index (χ1) is 8.86. The predicted octanol–water partition coefficient (Wildman–Crippen LogP) is -0.000400. The maximum atomic E-state index is 10.9. The molecule has 0 unspecified atom stereocenters. The minimum absolute atomic E-state index is 0.0868. The van der Waals surface area contributed by atoms with E-state index in [1.165, 1.54) is 4.90 Å². The topological polar surface area (TPSA) is 140 Å². The molecule has 1 aromatic heterocycles. The summed E-state index contributed by atoms with van der Waals surface area (Å²) in [5.41, 5.74) is 4.25. The maximum absolute atomic E-state index is 10.9. The third kappa shape index (κ3) is 3.37. The Bertz CT molecular complexity index is 531. The van der Waals surface area contributed by atoms with E-state index in [4.69, 9.17) is 10.8 Å². The van der Waals surface area contributed by atoms with Gasteiger partial charge in [0, 0.05) is 18.8 Å². The van der Waals surface area contributed by atoms with Crippen molar-refractivity contribution >= 4 is 23.4 Å². The van der Waals surface area contributed by atoms with E-state index in [1.807, 2.05) is 0 Å². The molecule has 1 aromatic rings. The summed E-state index contributed by atoms with van der Waals surface area (Å²) in [7, 11) is 0. The van der Waals surface area contributed by atoms with E-state index in [0.29, 0.717) is 0 Å². The van der Waals surface area contributed by atoms with Crippen LogP contribution in [0.1, 0.15) is 17.3 Å². The normalized spacial score (nSPS) is 9.95. The van der Waals surface area contributed by atoms with Crippen LogP contribution in [-0.4, -0.2) is 40.0 Å². The molecule has 0 fully saturated rings. The van der Waals surface area contributed by atoms with Gasteiger partial charge in [0.1, 0.15) is 0 Å². The van der Waals surface area contributed by atoms with Crippen molar-refractivity contribution < 1.29 is 19.6 Å². The Kier molecular flexibility index (Phi) is 4.35. The number of carbonyl (C=O) groups excluding carboxylic acids is 1. The number of aromatic nitrogens is 1. The van der Waals surface area contributed by atoms with E-state index in [9.17, 15) is 19.7 Å². The monoisotopic (exact) mass is 268 g/mol. The summed E-state index contributed by atoms with van der Waals surface area (Å²) in [5.74, 6) is -2.07. The van der Waals surface area contributed by atoms with Gasteiger partial charge in [0.15, 0.2) is 0 Å². The van der Waals surface area contributed by atoms with Crippen LogP contribution in [0.4, 0.5) is 11.5 Å². The number of anilines is 1. The molecule has 0 saturated carbocycles. The summed E-state index contributed by atoms with van der Waals surface area (Å²) in [4.78, 5) is 36.9. The molecular formula is C10H12N4O5. The molecule has 9 nitrogen and oxygen atoms in total. The number of carboxylic acids is 1. The van der Waals surface area contributed by atoms with E-state index in [2.05, 4.69) is 4.98 Å². The summed E-state index contributed by atoms with van der Waals surface area (Å²) in [6, 6.07) is 0.897. The van der Waals surface area contributed by atoms with Gasteiger partial charge in [-0.2, -0.15) is 0 Å². The lowest BCUT2D eigenvalue weighted by Gasteiger charge is -2.19. The minimum atomic E-state index is -1.32. The number of primary amides is 1. The second kappa shape index (κ2) is 5.76. The predicted molar refractivity (Wildman–Crippen MR) is 64.9 cm³/mol. The summed E-state index contributed by atoms with van der Waals surface area (Å²) >= 11 is 0. The fourth-order valence-corrected chi connectivity index (χ4v) is 1.47. The van der Waals surface area contributed by atoms with E-state index in [-0.39, 0.29) is 24.5 Å². The largest absolute Gasteiger partial charge is 0.478 e. The van der Waals surface area contributed by atoms with Gasteiger partial charge in [0.05, 0.1) is 17.0 Å². The van der Waals surface area contributed by atoms with Gasteiger partial charge in [-0.25, -0.2) is 9.78 Å². The summed E-state index contributed by atoms with van der Waals surface area (Å²) < 4.78 is 0. The van der Waals surface area contributed by atoms with Gasteiger partial charge in [-0.3, -0.25) is 14.9 Å². The molecule has 0 spiro atoms. The molecule has 0 atom stereocenters. The third-order valence-electron chi connectivity index (χ3n) is 2.32. The molecular weight excluding hydrogens is 256 g/mol. The van der Waals surface area contributed by atoms with Crippen LogP contribution in [-0.2, 0) is 4.79 Å². The third-order valence-corrected chi connectivity index (χ3v) is 2.32. The van der Waals surface area contributed by atoms with E-state index < -0.39 is 22.5 Å². The molecule has 102 valence electrons. The van der Waals surface area contributed by atoms with Crippen LogP contribution in [0.2, 0.25) is 0 Å². The summed E-state index contributed by atoms with van der Waals surface area (Å²) in [5, 5.41) is 19.7. The van der Waals surface area contributed by atoms with Gasteiger partial charge >= 0.3 is 11.7 Å². The van der Waals surface area contributed by atoms with Crippen LogP contribution in [0.5, 0.6) is 0 Å². The minimum Gasteiger partial charge on any atom is -0.478 e. The first kappa shape index (κ1) is 14.4. The van der Waals surface area contributed by atoms with Gasteiger partial charge < -0.3 is 15.7 Å². The number of hydrogen-bond donors (Lipinski definition) is 2. The number of likely N-dealkylation sites (N-methyl/N-ethyl adjacent to an activating group) is 1. The number of hydrogen-bond acceptors (Lipinski definition) is 6. The van der Waals surface area contributed by atoms with E-state index >= 15 is 0 Å². The number of amides is 1. The summed E-state index contributed by atoms with van der Waals surface area (Å²) in [6.07, 6.45) is 0.994. The van der Waals surface area contributed by atoms with Crippen molar-refractivity contribution in [3.05, 3.63) is 27.9 Å². The number of rotatable bonds is 6. The number of pyridine rings is 1. The smallest absolute Gasteiger partial charge is 0.337 e. The van der Waals surface area contributed by atoms with Crippen LogP contribution in [0.25, 0.3) is 0 Å². The van der Waals surface area contributed by atoms with Gasteiger partial charge in [-0.05, 0) is 6.92 Å². The molecule has 1 heterocycles. The van der Waals surface area contributed by atoms with Gasteiger partial charge in [0.25, 0.3) is 0 Å². The van der Waals surface area contributed by atoms with Crippen molar-refractivity contribution in [3.8, 4) is 0 Å². The second-order valence-electron chi connectivity index (χ2n) is 3.61. The molecule has 0 radical (unpaired) electrons. The standard InChI is InChI=1S/C10H12N4O5/c1-2-13(5-8(11)15)9-7(14(18)19)3-6(4-12-9)10(16)17/h3-4H,2,5H2,1H3,(H2,11,15)(H,16,17). The van der Waals surface area contributed by atoms with Gasteiger partial charge in [-0.15, -0.1) is 0 Å². The lowest BCUT2D eigenvalue weighted by Crippen LogP contribution is -2.34. The highest BCUT2D eigenvalue weighted by Crippen LogP contribution is 2.26. The van der Waals surface area contributed by atoms with E-state index in [0.717, 1.165) is 12.3 Å². The highest BCUT2D eigenvalue weighted by molar-refractivity contribution is 5.89. The van der Waals surface area contributed by atoms with Crippen LogP contribution >= 0.6 is 0 Å². The van der Waals surface area contributed by atoms with Crippen molar-refractivity contribution in [1.82, 2.24) is 4.98 Å². The maximum Gasteiger partial charge on any atom is 0.337 e.